The largest absolute Gasteiger partial charge is 0.522 e. The molecule has 3 heteroatoms. The zero-order valence-electron chi connectivity index (χ0n) is 7.49. The summed E-state index contributed by atoms with van der Waals surface area (Å²) in [7, 11) is -1.43. The van der Waals surface area contributed by atoms with Gasteiger partial charge in [0.1, 0.15) is 5.75 Å². The molecule has 0 amide bonds. The van der Waals surface area contributed by atoms with E-state index in [1.54, 1.807) is 0 Å². The summed E-state index contributed by atoms with van der Waals surface area (Å²) in [6, 6.07) is 9.79. The van der Waals surface area contributed by atoms with Crippen molar-refractivity contribution in [3.63, 3.8) is 0 Å². The standard InChI is InChI=1S/C9H14O2Si/c1-3-10-12(2)11-9-7-5-4-6-8-9/h4-8,12H,3H2,1-2H3. The van der Waals surface area contributed by atoms with E-state index in [-0.39, 0.29) is 0 Å². The maximum atomic E-state index is 5.57. The van der Waals surface area contributed by atoms with Gasteiger partial charge in [0.25, 0.3) is 0 Å². The lowest BCUT2D eigenvalue weighted by atomic mass is 10.3. The molecule has 1 unspecified atom stereocenters. The van der Waals surface area contributed by atoms with E-state index in [0.29, 0.717) is 0 Å². The first kappa shape index (κ1) is 9.29. The minimum absolute atomic E-state index is 0.736. The number of benzene rings is 1. The number of hydrogen-bond acceptors (Lipinski definition) is 2. The first-order valence-corrected chi connectivity index (χ1v) is 6.26. The molecule has 1 aromatic rings. The predicted octanol–water partition coefficient (Wildman–Crippen LogP) is 1.95. The zero-order valence-corrected chi connectivity index (χ0v) is 8.64. The Balaban J connectivity index is 2.41. The Bertz CT molecular complexity index is 213. The maximum Gasteiger partial charge on any atom is 0.379 e. The Morgan fingerprint density at radius 1 is 1.25 bits per heavy atom. The zero-order chi connectivity index (χ0) is 8.81. The van der Waals surface area contributed by atoms with Crippen molar-refractivity contribution in [1.29, 1.82) is 0 Å². The molecule has 0 aliphatic heterocycles. The summed E-state index contributed by atoms with van der Waals surface area (Å²) in [5, 5.41) is 0. The van der Waals surface area contributed by atoms with Crippen LogP contribution in [0.3, 0.4) is 0 Å². The van der Waals surface area contributed by atoms with Crippen LogP contribution in [-0.2, 0) is 4.43 Å². The highest BCUT2D eigenvalue weighted by Gasteiger charge is 2.04. The van der Waals surface area contributed by atoms with Crippen LogP contribution in [0.25, 0.3) is 0 Å². The fraction of sp³-hybridized carbons (Fsp3) is 0.333. The van der Waals surface area contributed by atoms with Crippen molar-refractivity contribution in [3.05, 3.63) is 30.3 Å². The molecule has 0 aromatic heterocycles. The third-order valence-corrected chi connectivity index (χ3v) is 2.85. The Kier molecular flexibility index (Phi) is 3.83. The summed E-state index contributed by atoms with van der Waals surface area (Å²) in [5.41, 5.74) is 0. The first-order valence-electron chi connectivity index (χ1n) is 4.16. The highest BCUT2D eigenvalue weighted by atomic mass is 28.3. The molecule has 12 heavy (non-hydrogen) atoms. The van der Waals surface area contributed by atoms with E-state index in [4.69, 9.17) is 8.85 Å². The summed E-state index contributed by atoms with van der Waals surface area (Å²) in [5.74, 6) is 0.908. The fourth-order valence-electron chi connectivity index (χ4n) is 0.959. The number of para-hydroxylation sites is 1. The molecule has 1 rings (SSSR count). The molecule has 2 nitrogen and oxygen atoms in total. The van der Waals surface area contributed by atoms with Gasteiger partial charge in [-0.25, -0.2) is 0 Å². The minimum Gasteiger partial charge on any atom is -0.522 e. The van der Waals surface area contributed by atoms with Crippen molar-refractivity contribution in [2.45, 2.75) is 13.5 Å². The third-order valence-electron chi connectivity index (χ3n) is 1.45. The Hall–Kier alpha value is -0.803. The molecule has 0 saturated heterocycles. The topological polar surface area (TPSA) is 18.5 Å². The molecule has 1 atom stereocenters. The molecular formula is C9H14O2Si. The quantitative estimate of drug-likeness (QED) is 0.663. The molecular weight excluding hydrogens is 168 g/mol. The van der Waals surface area contributed by atoms with E-state index in [9.17, 15) is 0 Å². The van der Waals surface area contributed by atoms with Gasteiger partial charge in [-0.3, -0.25) is 0 Å². The van der Waals surface area contributed by atoms with Crippen LogP contribution in [0.5, 0.6) is 5.75 Å². The van der Waals surface area contributed by atoms with Crippen molar-refractivity contribution in [1.82, 2.24) is 0 Å². The molecule has 1 aromatic carbocycles. The molecule has 0 radical (unpaired) electrons. The van der Waals surface area contributed by atoms with Gasteiger partial charge in [-0.1, -0.05) is 18.2 Å². The van der Waals surface area contributed by atoms with Crippen LogP contribution in [0.1, 0.15) is 6.92 Å². The van der Waals surface area contributed by atoms with Crippen LogP contribution in [0.4, 0.5) is 0 Å². The van der Waals surface area contributed by atoms with Gasteiger partial charge < -0.3 is 8.85 Å². The second-order valence-electron chi connectivity index (χ2n) is 2.45. The Labute approximate surface area is 75.0 Å². The highest BCUT2D eigenvalue weighted by Crippen LogP contribution is 2.09. The predicted molar refractivity (Wildman–Crippen MR) is 51.7 cm³/mol. The lowest BCUT2D eigenvalue weighted by molar-refractivity contribution is 0.287. The second kappa shape index (κ2) is 4.95. The molecule has 0 heterocycles. The maximum absolute atomic E-state index is 5.57. The molecule has 0 bridgehead atoms. The first-order chi connectivity index (χ1) is 5.83. The molecule has 0 aliphatic carbocycles. The normalized spacial score (nSPS) is 12.5. The van der Waals surface area contributed by atoms with E-state index in [1.165, 1.54) is 0 Å². The number of hydrogen-bond donors (Lipinski definition) is 0. The Morgan fingerprint density at radius 3 is 2.50 bits per heavy atom. The van der Waals surface area contributed by atoms with Crippen molar-refractivity contribution >= 4 is 9.28 Å². The smallest absolute Gasteiger partial charge is 0.379 e. The highest BCUT2D eigenvalue weighted by molar-refractivity contribution is 6.43. The van der Waals surface area contributed by atoms with Crippen molar-refractivity contribution in [2.75, 3.05) is 6.61 Å². The molecule has 0 fully saturated rings. The van der Waals surface area contributed by atoms with Crippen LogP contribution in [0, 0.1) is 0 Å². The number of rotatable bonds is 4. The molecule has 0 saturated carbocycles. The van der Waals surface area contributed by atoms with Crippen LogP contribution in [0.15, 0.2) is 30.3 Å². The molecule has 0 spiro atoms. The Morgan fingerprint density at radius 2 is 1.92 bits per heavy atom. The SMILES string of the molecule is CCO[SiH](C)Oc1ccccc1. The van der Waals surface area contributed by atoms with Gasteiger partial charge in [-0.15, -0.1) is 0 Å². The third kappa shape index (κ3) is 3.07. The van der Waals surface area contributed by atoms with Crippen LogP contribution in [-0.4, -0.2) is 15.9 Å². The van der Waals surface area contributed by atoms with Crippen molar-refractivity contribution in [2.24, 2.45) is 0 Å². The molecule has 0 aliphatic rings. The second-order valence-corrected chi connectivity index (χ2v) is 4.16. The van der Waals surface area contributed by atoms with E-state index in [2.05, 4.69) is 0 Å². The lowest BCUT2D eigenvalue weighted by Gasteiger charge is -2.12. The van der Waals surface area contributed by atoms with E-state index in [1.807, 2.05) is 43.8 Å². The van der Waals surface area contributed by atoms with E-state index < -0.39 is 9.28 Å². The molecule has 66 valence electrons. The van der Waals surface area contributed by atoms with Gasteiger partial charge >= 0.3 is 9.28 Å². The van der Waals surface area contributed by atoms with Gasteiger partial charge in [0.05, 0.1) is 0 Å². The summed E-state index contributed by atoms with van der Waals surface area (Å²) >= 11 is 0. The monoisotopic (exact) mass is 182 g/mol. The summed E-state index contributed by atoms with van der Waals surface area (Å²) < 4.78 is 10.9. The van der Waals surface area contributed by atoms with Crippen LogP contribution < -0.4 is 4.43 Å². The minimum atomic E-state index is -1.43. The van der Waals surface area contributed by atoms with Gasteiger partial charge in [0, 0.05) is 6.61 Å². The van der Waals surface area contributed by atoms with Gasteiger partial charge in [-0.05, 0) is 25.6 Å². The van der Waals surface area contributed by atoms with Crippen LogP contribution in [0.2, 0.25) is 6.55 Å². The average molecular weight is 182 g/mol. The van der Waals surface area contributed by atoms with Gasteiger partial charge in [0.15, 0.2) is 0 Å². The van der Waals surface area contributed by atoms with Gasteiger partial charge in [-0.2, -0.15) is 0 Å². The van der Waals surface area contributed by atoms with Crippen molar-refractivity contribution < 1.29 is 8.85 Å². The van der Waals surface area contributed by atoms with E-state index >= 15 is 0 Å². The summed E-state index contributed by atoms with van der Waals surface area (Å²) in [6.45, 7) is 4.74. The lowest BCUT2D eigenvalue weighted by Crippen LogP contribution is -2.21. The van der Waals surface area contributed by atoms with Crippen molar-refractivity contribution in [3.8, 4) is 5.75 Å². The van der Waals surface area contributed by atoms with E-state index in [0.717, 1.165) is 12.4 Å². The average Bonchev–Trinajstić information content (AvgIpc) is 2.06. The summed E-state index contributed by atoms with van der Waals surface area (Å²) in [6.07, 6.45) is 0. The summed E-state index contributed by atoms with van der Waals surface area (Å²) in [4.78, 5) is 0. The molecule has 0 N–H and O–H groups in total. The van der Waals surface area contributed by atoms with Gasteiger partial charge in [0.2, 0.25) is 0 Å². The fourth-order valence-corrected chi connectivity index (χ4v) is 2.04. The van der Waals surface area contributed by atoms with Crippen LogP contribution >= 0.6 is 0 Å².